The molecule has 164 valence electrons. The van der Waals surface area contributed by atoms with Crippen LogP contribution in [0.25, 0.3) is 11.0 Å². The molecule has 31 heavy (non-hydrogen) atoms. The smallest absolute Gasteiger partial charge is 0.348 e. The molecule has 0 saturated carbocycles. The third kappa shape index (κ3) is 5.31. The highest BCUT2D eigenvalue weighted by Gasteiger charge is 2.37. The van der Waals surface area contributed by atoms with Gasteiger partial charge < -0.3 is 5.32 Å². The number of para-hydroxylation sites is 2. The molecule has 1 atom stereocenters. The van der Waals surface area contributed by atoms with Crippen LogP contribution in [0.5, 0.6) is 0 Å². The molecule has 0 unspecified atom stereocenters. The summed E-state index contributed by atoms with van der Waals surface area (Å²) in [4.78, 5) is 28.5. The maximum atomic E-state index is 13.3. The Morgan fingerprint density at radius 3 is 2.32 bits per heavy atom. The van der Waals surface area contributed by atoms with E-state index in [1.54, 1.807) is 13.0 Å². The molecule has 3 rings (SSSR count). The highest BCUT2D eigenvalue weighted by atomic mass is 19.4. The van der Waals surface area contributed by atoms with Gasteiger partial charge in [0, 0.05) is 0 Å². The first kappa shape index (κ1) is 22.5. The van der Waals surface area contributed by atoms with Crippen LogP contribution >= 0.6 is 0 Å². The van der Waals surface area contributed by atoms with Crippen molar-refractivity contribution in [2.24, 2.45) is 5.92 Å². The van der Waals surface area contributed by atoms with E-state index in [0.717, 1.165) is 16.6 Å². The minimum Gasteiger partial charge on any atom is -0.348 e. The molecule has 0 fully saturated rings. The van der Waals surface area contributed by atoms with Gasteiger partial charge in [-0.3, -0.25) is 14.2 Å². The third-order valence-electron chi connectivity index (χ3n) is 4.92. The number of carbonyl (C=O) groups excluding carboxylic acids is 1. The molecule has 0 radical (unpaired) electrons. The molecule has 0 saturated heterocycles. The lowest BCUT2D eigenvalue weighted by atomic mass is 10.00. The number of aromatic nitrogens is 2. The first-order valence-electron chi connectivity index (χ1n) is 10.0. The molecular formula is C23H24F3N3O2. The highest BCUT2D eigenvalue weighted by Crippen LogP contribution is 2.26. The largest absolute Gasteiger partial charge is 0.438 e. The summed E-state index contributed by atoms with van der Waals surface area (Å²) in [5, 5.41) is 2.75. The number of rotatable bonds is 6. The Bertz CT molecular complexity index is 1140. The Morgan fingerprint density at radius 2 is 1.71 bits per heavy atom. The number of hydrogen-bond acceptors (Lipinski definition) is 3. The van der Waals surface area contributed by atoms with Crippen LogP contribution < -0.4 is 10.9 Å². The summed E-state index contributed by atoms with van der Waals surface area (Å²) < 4.78 is 40.6. The summed E-state index contributed by atoms with van der Waals surface area (Å²) >= 11 is 0. The summed E-state index contributed by atoms with van der Waals surface area (Å²) in [6.45, 7) is 5.50. The van der Waals surface area contributed by atoms with Gasteiger partial charge >= 0.3 is 6.18 Å². The van der Waals surface area contributed by atoms with E-state index in [1.165, 1.54) is 23.8 Å². The molecule has 8 heteroatoms. The Balaban J connectivity index is 1.83. The summed E-state index contributed by atoms with van der Waals surface area (Å²) in [6, 6.07) is 13.4. The number of halogens is 3. The van der Waals surface area contributed by atoms with Crippen molar-refractivity contribution in [2.45, 2.75) is 46.0 Å². The van der Waals surface area contributed by atoms with Gasteiger partial charge in [-0.15, -0.1) is 0 Å². The molecule has 0 aliphatic heterocycles. The quantitative estimate of drug-likeness (QED) is 0.626. The zero-order valence-corrected chi connectivity index (χ0v) is 17.5. The van der Waals surface area contributed by atoms with Gasteiger partial charge in [0.25, 0.3) is 5.56 Å². The molecule has 1 amide bonds. The second kappa shape index (κ2) is 8.91. The molecule has 0 spiro atoms. The van der Waals surface area contributed by atoms with Crippen molar-refractivity contribution in [1.29, 1.82) is 0 Å². The summed E-state index contributed by atoms with van der Waals surface area (Å²) in [7, 11) is 0. The van der Waals surface area contributed by atoms with Gasteiger partial charge in [-0.2, -0.15) is 13.2 Å². The van der Waals surface area contributed by atoms with Crippen LogP contribution in [0.1, 0.15) is 43.6 Å². The third-order valence-corrected chi connectivity index (χ3v) is 4.92. The molecule has 5 nitrogen and oxygen atoms in total. The maximum Gasteiger partial charge on any atom is 0.438 e. The second-order valence-electron chi connectivity index (χ2n) is 7.97. The normalized spacial score (nSPS) is 12.9. The highest BCUT2D eigenvalue weighted by molar-refractivity contribution is 5.80. The molecule has 0 aliphatic rings. The molecule has 1 heterocycles. The molecule has 1 aromatic heterocycles. The number of hydrogen-bond donors (Lipinski definition) is 1. The Labute approximate surface area is 177 Å². The van der Waals surface area contributed by atoms with Crippen molar-refractivity contribution >= 4 is 16.9 Å². The first-order valence-corrected chi connectivity index (χ1v) is 10.0. The molecule has 2 aromatic carbocycles. The van der Waals surface area contributed by atoms with Crippen LogP contribution in [0.3, 0.4) is 0 Å². The van der Waals surface area contributed by atoms with Crippen LogP contribution in [0.4, 0.5) is 13.2 Å². The zero-order chi connectivity index (χ0) is 22.8. The number of nitrogens with one attached hydrogen (secondary N) is 1. The van der Waals surface area contributed by atoms with Gasteiger partial charge in [-0.1, -0.05) is 50.2 Å². The van der Waals surface area contributed by atoms with Crippen LogP contribution in [-0.2, 0) is 23.9 Å². The van der Waals surface area contributed by atoms with E-state index in [-0.39, 0.29) is 17.1 Å². The summed E-state index contributed by atoms with van der Waals surface area (Å²) in [5.41, 5.74) is -0.660. The molecular weight excluding hydrogens is 407 g/mol. The van der Waals surface area contributed by atoms with E-state index in [0.29, 0.717) is 5.92 Å². The minimum atomic E-state index is -4.91. The van der Waals surface area contributed by atoms with Crippen molar-refractivity contribution in [3.8, 4) is 0 Å². The Kier molecular flexibility index (Phi) is 6.48. The van der Waals surface area contributed by atoms with Crippen LogP contribution in [-0.4, -0.2) is 15.5 Å². The average Bonchev–Trinajstić information content (AvgIpc) is 2.69. The van der Waals surface area contributed by atoms with E-state index >= 15 is 0 Å². The number of alkyl halides is 3. The van der Waals surface area contributed by atoms with Crippen molar-refractivity contribution < 1.29 is 18.0 Å². The summed E-state index contributed by atoms with van der Waals surface area (Å²) in [6.07, 6.45) is -3.97. The fraction of sp³-hybridized carbons (Fsp3) is 0.348. The van der Waals surface area contributed by atoms with Crippen molar-refractivity contribution in [3.05, 3.63) is 75.7 Å². The van der Waals surface area contributed by atoms with Gasteiger partial charge in [0.05, 0.1) is 17.1 Å². The van der Waals surface area contributed by atoms with Gasteiger partial charge in [-0.05, 0) is 42.5 Å². The number of carbonyl (C=O) groups is 1. The minimum absolute atomic E-state index is 0.00369. The molecule has 0 bridgehead atoms. The van der Waals surface area contributed by atoms with E-state index in [9.17, 15) is 22.8 Å². The van der Waals surface area contributed by atoms with Crippen molar-refractivity contribution in [1.82, 2.24) is 14.9 Å². The fourth-order valence-electron chi connectivity index (χ4n) is 3.46. The molecule has 3 aromatic rings. The van der Waals surface area contributed by atoms with Crippen molar-refractivity contribution in [3.63, 3.8) is 0 Å². The van der Waals surface area contributed by atoms with Gasteiger partial charge in [0.2, 0.25) is 11.6 Å². The fourth-order valence-corrected chi connectivity index (χ4v) is 3.46. The first-order chi connectivity index (χ1) is 14.6. The predicted molar refractivity (Wildman–Crippen MR) is 113 cm³/mol. The molecule has 0 aliphatic carbocycles. The zero-order valence-electron chi connectivity index (χ0n) is 17.5. The topological polar surface area (TPSA) is 64.0 Å². The SMILES string of the molecule is CC(C)Cc1ccc([C@H](C)NC(=O)Cn2c(=O)c(C(F)(F)F)nc3ccccc32)cc1. The van der Waals surface area contributed by atoms with Crippen LogP contribution in [0.15, 0.2) is 53.3 Å². The van der Waals surface area contributed by atoms with Crippen LogP contribution in [0.2, 0.25) is 0 Å². The summed E-state index contributed by atoms with van der Waals surface area (Å²) in [5.74, 6) is -0.0385. The van der Waals surface area contributed by atoms with Gasteiger partial charge in [-0.25, -0.2) is 4.98 Å². The van der Waals surface area contributed by atoms with E-state index < -0.39 is 29.9 Å². The van der Waals surface area contributed by atoms with Crippen LogP contribution in [0, 0.1) is 5.92 Å². The maximum absolute atomic E-state index is 13.3. The van der Waals surface area contributed by atoms with E-state index in [4.69, 9.17) is 0 Å². The van der Waals surface area contributed by atoms with Gasteiger partial charge in [0.1, 0.15) is 6.54 Å². The average molecular weight is 431 g/mol. The predicted octanol–water partition coefficient (Wildman–Crippen LogP) is 4.49. The lowest BCUT2D eigenvalue weighted by Crippen LogP contribution is -2.37. The van der Waals surface area contributed by atoms with Gasteiger partial charge in [0.15, 0.2) is 0 Å². The van der Waals surface area contributed by atoms with E-state index in [2.05, 4.69) is 24.1 Å². The molecule has 1 N–H and O–H groups in total. The number of nitrogens with zero attached hydrogens (tertiary/aromatic N) is 2. The monoisotopic (exact) mass is 431 g/mol. The standard InChI is InChI=1S/C23H24F3N3O2/c1-14(2)12-16-8-10-17(11-9-16)15(3)27-20(30)13-29-19-7-5-4-6-18(19)28-21(22(29)31)23(24,25)26/h4-11,14-15H,12-13H2,1-3H3,(H,27,30)/t15-/m0/s1. The Morgan fingerprint density at radius 1 is 1.06 bits per heavy atom. The number of fused-ring (bicyclic) bond motifs is 1. The lowest BCUT2D eigenvalue weighted by molar-refractivity contribution is -0.142. The Hall–Kier alpha value is -3.16. The number of amides is 1. The van der Waals surface area contributed by atoms with E-state index in [1.807, 2.05) is 24.3 Å². The number of benzene rings is 2. The lowest BCUT2D eigenvalue weighted by Gasteiger charge is -2.17. The second-order valence-corrected chi connectivity index (χ2v) is 7.97. The van der Waals surface area contributed by atoms with Crippen molar-refractivity contribution in [2.75, 3.05) is 0 Å².